The maximum Gasteiger partial charge on any atom is 0.231 e. The minimum Gasteiger partial charge on any atom is -0.387 e. The van der Waals surface area contributed by atoms with Gasteiger partial charge in [-0.25, -0.2) is 4.98 Å². The fourth-order valence-corrected chi connectivity index (χ4v) is 5.45. The van der Waals surface area contributed by atoms with Gasteiger partial charge in [-0.05, 0) is 58.5 Å². The van der Waals surface area contributed by atoms with E-state index < -0.39 is 6.10 Å². The standard InChI is InChI=1S/C38H36N4O2/c43-36(32-11-5-2-6-12-32)27-42(26-29-9-3-1-4-10-29)24-23-28-15-17-30(18-16-28)31-19-21-33(22-20-31)39-38(44)25-37-40-34-13-7-8-14-35(34)41-37/h1-22,36,43H,23-27H2,(H,39,44)(H,40,41). The number of para-hydroxylation sites is 2. The topological polar surface area (TPSA) is 81.2 Å². The lowest BCUT2D eigenvalue weighted by Crippen LogP contribution is -2.30. The Morgan fingerprint density at radius 3 is 2.09 bits per heavy atom. The summed E-state index contributed by atoms with van der Waals surface area (Å²) < 4.78 is 0. The van der Waals surface area contributed by atoms with E-state index in [1.54, 1.807) is 0 Å². The Hall–Kier alpha value is -5.04. The maximum atomic E-state index is 12.6. The number of imidazole rings is 1. The van der Waals surface area contributed by atoms with Gasteiger partial charge in [-0.15, -0.1) is 0 Å². The number of H-pyrrole nitrogens is 1. The number of fused-ring (bicyclic) bond motifs is 1. The molecular formula is C38H36N4O2. The largest absolute Gasteiger partial charge is 0.387 e. The number of aliphatic hydroxyl groups is 1. The van der Waals surface area contributed by atoms with Crippen LogP contribution in [0.25, 0.3) is 22.2 Å². The van der Waals surface area contributed by atoms with Crippen LogP contribution in [0.1, 0.15) is 28.6 Å². The molecule has 6 rings (SSSR count). The van der Waals surface area contributed by atoms with Crippen LogP contribution >= 0.6 is 0 Å². The van der Waals surface area contributed by atoms with Crippen LogP contribution < -0.4 is 5.32 Å². The normalized spacial score (nSPS) is 12.0. The second-order valence-corrected chi connectivity index (χ2v) is 11.1. The number of rotatable bonds is 12. The number of carbonyl (C=O) groups excluding carboxylic acids is 1. The first-order valence-corrected chi connectivity index (χ1v) is 15.0. The van der Waals surface area contributed by atoms with E-state index in [0.717, 1.165) is 52.9 Å². The highest BCUT2D eigenvalue weighted by Gasteiger charge is 2.15. The van der Waals surface area contributed by atoms with Gasteiger partial charge in [0.25, 0.3) is 0 Å². The number of carbonyl (C=O) groups is 1. The summed E-state index contributed by atoms with van der Waals surface area (Å²) in [7, 11) is 0. The van der Waals surface area contributed by atoms with Crippen molar-refractivity contribution in [3.8, 4) is 11.1 Å². The molecule has 0 saturated carbocycles. The molecule has 1 aromatic heterocycles. The highest BCUT2D eigenvalue weighted by molar-refractivity contribution is 5.92. The maximum absolute atomic E-state index is 12.6. The van der Waals surface area contributed by atoms with Gasteiger partial charge >= 0.3 is 0 Å². The quantitative estimate of drug-likeness (QED) is 0.143. The van der Waals surface area contributed by atoms with E-state index >= 15 is 0 Å². The van der Waals surface area contributed by atoms with Crippen LogP contribution in [0.5, 0.6) is 0 Å². The highest BCUT2D eigenvalue weighted by atomic mass is 16.3. The predicted octanol–water partition coefficient (Wildman–Crippen LogP) is 7.19. The molecule has 0 spiro atoms. The Balaban J connectivity index is 1.04. The third-order valence-electron chi connectivity index (χ3n) is 7.80. The summed E-state index contributed by atoms with van der Waals surface area (Å²) in [5.74, 6) is 0.537. The summed E-state index contributed by atoms with van der Waals surface area (Å²) in [6.07, 6.45) is 0.525. The monoisotopic (exact) mass is 580 g/mol. The van der Waals surface area contributed by atoms with Crippen molar-refractivity contribution in [3.63, 3.8) is 0 Å². The SMILES string of the molecule is O=C(Cc1nc2ccccc2[nH]1)Nc1ccc(-c2ccc(CCN(Cc3ccccc3)CC(O)c3ccccc3)cc2)cc1. The van der Waals surface area contributed by atoms with Gasteiger partial charge in [0.15, 0.2) is 0 Å². The molecule has 44 heavy (non-hydrogen) atoms. The van der Waals surface area contributed by atoms with E-state index in [4.69, 9.17) is 0 Å². The van der Waals surface area contributed by atoms with Crippen molar-refractivity contribution in [2.45, 2.75) is 25.5 Å². The lowest BCUT2D eigenvalue weighted by Gasteiger charge is -2.25. The molecule has 6 heteroatoms. The van der Waals surface area contributed by atoms with Crippen LogP contribution in [0.15, 0.2) is 133 Å². The second-order valence-electron chi connectivity index (χ2n) is 11.1. The van der Waals surface area contributed by atoms with Gasteiger partial charge in [-0.3, -0.25) is 9.69 Å². The summed E-state index contributed by atoms with van der Waals surface area (Å²) in [4.78, 5) is 22.6. The molecule has 6 aromatic rings. The Labute approximate surface area is 258 Å². The Morgan fingerprint density at radius 2 is 1.39 bits per heavy atom. The lowest BCUT2D eigenvalue weighted by molar-refractivity contribution is -0.115. The molecule has 0 aliphatic carbocycles. The summed E-state index contributed by atoms with van der Waals surface area (Å²) >= 11 is 0. The van der Waals surface area contributed by atoms with Crippen molar-refractivity contribution < 1.29 is 9.90 Å². The minimum atomic E-state index is -0.541. The van der Waals surface area contributed by atoms with E-state index in [9.17, 15) is 9.90 Å². The van der Waals surface area contributed by atoms with Gasteiger partial charge in [0.1, 0.15) is 5.82 Å². The first-order valence-electron chi connectivity index (χ1n) is 15.0. The van der Waals surface area contributed by atoms with Gasteiger partial charge in [-0.2, -0.15) is 0 Å². The summed E-state index contributed by atoms with van der Waals surface area (Å²) in [5.41, 5.74) is 8.16. The fraction of sp³-hybridized carbons (Fsp3) is 0.158. The molecule has 1 amide bonds. The van der Waals surface area contributed by atoms with Gasteiger partial charge in [0.05, 0.1) is 23.6 Å². The number of aromatic nitrogens is 2. The number of benzene rings is 5. The molecule has 1 unspecified atom stereocenters. The zero-order chi connectivity index (χ0) is 30.1. The number of aromatic amines is 1. The molecule has 0 radical (unpaired) electrons. The molecule has 220 valence electrons. The molecule has 0 aliphatic rings. The average Bonchev–Trinajstić information content (AvgIpc) is 3.47. The van der Waals surface area contributed by atoms with Crippen molar-refractivity contribution >= 4 is 22.6 Å². The third-order valence-corrected chi connectivity index (χ3v) is 7.80. The van der Waals surface area contributed by atoms with Crippen LogP contribution in [0, 0.1) is 0 Å². The smallest absolute Gasteiger partial charge is 0.231 e. The molecule has 0 bridgehead atoms. The molecule has 3 N–H and O–H groups in total. The predicted molar refractivity (Wildman–Crippen MR) is 177 cm³/mol. The molecule has 0 aliphatic heterocycles. The average molecular weight is 581 g/mol. The van der Waals surface area contributed by atoms with E-state index in [1.165, 1.54) is 11.1 Å². The number of nitrogens with zero attached hydrogens (tertiary/aromatic N) is 2. The number of nitrogens with one attached hydrogen (secondary N) is 2. The number of hydrogen-bond donors (Lipinski definition) is 3. The molecule has 6 nitrogen and oxygen atoms in total. The first kappa shape index (κ1) is 29.1. The molecule has 5 aromatic carbocycles. The number of hydrogen-bond acceptors (Lipinski definition) is 4. The Bertz CT molecular complexity index is 1750. The zero-order valence-corrected chi connectivity index (χ0v) is 24.6. The number of aliphatic hydroxyl groups excluding tert-OH is 1. The summed E-state index contributed by atoms with van der Waals surface area (Å²) in [6, 6.07) is 44.6. The number of amides is 1. The van der Waals surface area contributed by atoms with E-state index in [2.05, 4.69) is 68.7 Å². The second kappa shape index (κ2) is 14.0. The van der Waals surface area contributed by atoms with Crippen molar-refractivity contribution in [1.82, 2.24) is 14.9 Å². The summed E-state index contributed by atoms with van der Waals surface area (Å²) in [6.45, 7) is 2.18. The van der Waals surface area contributed by atoms with Gasteiger partial charge in [0, 0.05) is 25.3 Å². The van der Waals surface area contributed by atoms with Crippen LogP contribution in [-0.4, -0.2) is 39.0 Å². The third kappa shape index (κ3) is 7.67. The molecule has 0 saturated heterocycles. The van der Waals surface area contributed by atoms with Crippen LogP contribution in [0.2, 0.25) is 0 Å². The van der Waals surface area contributed by atoms with Gasteiger partial charge in [0.2, 0.25) is 5.91 Å². The van der Waals surface area contributed by atoms with Crippen LogP contribution in [0.3, 0.4) is 0 Å². The highest BCUT2D eigenvalue weighted by Crippen LogP contribution is 2.23. The van der Waals surface area contributed by atoms with Crippen molar-refractivity contribution in [3.05, 3.63) is 156 Å². The number of anilines is 1. The lowest BCUT2D eigenvalue weighted by atomic mass is 10.0. The zero-order valence-electron chi connectivity index (χ0n) is 24.6. The van der Waals surface area contributed by atoms with Crippen LogP contribution in [-0.2, 0) is 24.2 Å². The van der Waals surface area contributed by atoms with Crippen molar-refractivity contribution in [2.75, 3.05) is 18.4 Å². The van der Waals surface area contributed by atoms with Gasteiger partial charge < -0.3 is 15.4 Å². The Kier molecular flexibility index (Phi) is 9.21. The van der Waals surface area contributed by atoms with E-state index in [1.807, 2.05) is 84.9 Å². The molecule has 1 atom stereocenters. The van der Waals surface area contributed by atoms with E-state index in [0.29, 0.717) is 12.4 Å². The fourth-order valence-electron chi connectivity index (χ4n) is 5.45. The van der Waals surface area contributed by atoms with Crippen molar-refractivity contribution in [1.29, 1.82) is 0 Å². The Morgan fingerprint density at radius 1 is 0.750 bits per heavy atom. The summed E-state index contributed by atoms with van der Waals surface area (Å²) in [5, 5.41) is 13.9. The molecule has 0 fully saturated rings. The minimum absolute atomic E-state index is 0.112. The molecule has 1 heterocycles. The first-order chi connectivity index (χ1) is 21.6. The van der Waals surface area contributed by atoms with Crippen LogP contribution in [0.4, 0.5) is 5.69 Å². The van der Waals surface area contributed by atoms with Crippen molar-refractivity contribution in [2.24, 2.45) is 0 Å². The van der Waals surface area contributed by atoms with Gasteiger partial charge in [-0.1, -0.05) is 109 Å². The molecular weight excluding hydrogens is 544 g/mol. The van der Waals surface area contributed by atoms with E-state index in [-0.39, 0.29) is 12.3 Å².